The first-order valence-electron chi connectivity index (χ1n) is 2.95. The minimum Gasteiger partial charge on any atom is -0.481 e. The molecule has 0 heterocycles. The number of nitriles is 1. The minimum atomic E-state index is -0.831. The van der Waals surface area contributed by atoms with Gasteiger partial charge in [0.05, 0.1) is 6.07 Å². The number of rotatable bonds is 3. The van der Waals surface area contributed by atoms with Gasteiger partial charge < -0.3 is 5.11 Å². The molecule has 0 aliphatic heterocycles. The molecule has 0 aliphatic rings. The van der Waals surface area contributed by atoms with Gasteiger partial charge in [-0.15, -0.1) is 0 Å². The Bertz CT molecular complexity index is 188. The monoisotopic (exact) mass is 139 g/mol. The van der Waals surface area contributed by atoms with Gasteiger partial charge in [-0.25, -0.2) is 0 Å². The fourth-order valence-electron chi connectivity index (χ4n) is 0.458. The lowest BCUT2D eigenvalue weighted by Gasteiger charge is -1.86. The molecule has 0 spiro atoms. The standard InChI is InChI=1S/C7H9NO2/c1-6(5-8)3-2-4-7(9)10/h3H,2,4H2,1H3,(H,9,10). The highest BCUT2D eigenvalue weighted by atomic mass is 16.4. The van der Waals surface area contributed by atoms with E-state index in [0.29, 0.717) is 12.0 Å². The number of carboxylic acid groups (broad SMARTS) is 1. The normalized spacial score (nSPS) is 10.6. The predicted octanol–water partition coefficient (Wildman–Crippen LogP) is 1.32. The van der Waals surface area contributed by atoms with Crippen LogP contribution in [0.3, 0.4) is 0 Å². The molecule has 0 saturated carbocycles. The quantitative estimate of drug-likeness (QED) is 0.600. The summed E-state index contributed by atoms with van der Waals surface area (Å²) < 4.78 is 0. The molecule has 1 N–H and O–H groups in total. The van der Waals surface area contributed by atoms with Crippen LogP contribution in [-0.4, -0.2) is 11.1 Å². The van der Waals surface area contributed by atoms with Crippen LogP contribution in [0.15, 0.2) is 11.6 Å². The summed E-state index contributed by atoms with van der Waals surface area (Å²) in [5, 5.41) is 16.4. The van der Waals surface area contributed by atoms with Crippen molar-refractivity contribution >= 4 is 5.97 Å². The Morgan fingerprint density at radius 1 is 1.80 bits per heavy atom. The Labute approximate surface area is 59.6 Å². The van der Waals surface area contributed by atoms with Gasteiger partial charge in [-0.3, -0.25) is 4.79 Å². The number of carboxylic acids is 1. The van der Waals surface area contributed by atoms with Crippen LogP contribution in [0.5, 0.6) is 0 Å². The second kappa shape index (κ2) is 4.57. The van der Waals surface area contributed by atoms with E-state index >= 15 is 0 Å². The molecule has 0 aliphatic carbocycles. The molecule has 0 bridgehead atoms. The van der Waals surface area contributed by atoms with E-state index in [1.807, 2.05) is 6.07 Å². The molecule has 0 atom stereocenters. The lowest BCUT2D eigenvalue weighted by Crippen LogP contribution is -1.91. The van der Waals surface area contributed by atoms with Gasteiger partial charge in [0.2, 0.25) is 0 Å². The predicted molar refractivity (Wildman–Crippen MR) is 36.2 cm³/mol. The van der Waals surface area contributed by atoms with Gasteiger partial charge in [0.25, 0.3) is 0 Å². The number of nitrogens with zero attached hydrogens (tertiary/aromatic N) is 1. The molecule has 10 heavy (non-hydrogen) atoms. The number of allylic oxidation sites excluding steroid dienone is 2. The van der Waals surface area contributed by atoms with Gasteiger partial charge in [0, 0.05) is 12.0 Å². The molecule has 0 fully saturated rings. The van der Waals surface area contributed by atoms with Crippen molar-refractivity contribution in [1.82, 2.24) is 0 Å². The number of hydrogen-bond donors (Lipinski definition) is 1. The van der Waals surface area contributed by atoms with E-state index < -0.39 is 5.97 Å². The van der Waals surface area contributed by atoms with E-state index in [-0.39, 0.29) is 6.42 Å². The molecule has 54 valence electrons. The van der Waals surface area contributed by atoms with Crippen molar-refractivity contribution in [3.05, 3.63) is 11.6 Å². The van der Waals surface area contributed by atoms with Gasteiger partial charge in [0.1, 0.15) is 0 Å². The molecule has 0 radical (unpaired) electrons. The molecule has 0 amide bonds. The van der Waals surface area contributed by atoms with Crippen molar-refractivity contribution in [1.29, 1.82) is 5.26 Å². The first-order valence-corrected chi connectivity index (χ1v) is 2.95. The van der Waals surface area contributed by atoms with Crippen molar-refractivity contribution < 1.29 is 9.90 Å². The Hall–Kier alpha value is -1.30. The molecule has 0 aromatic rings. The zero-order valence-electron chi connectivity index (χ0n) is 5.79. The van der Waals surface area contributed by atoms with E-state index in [1.54, 1.807) is 13.0 Å². The highest BCUT2D eigenvalue weighted by molar-refractivity contribution is 5.66. The third kappa shape index (κ3) is 4.85. The van der Waals surface area contributed by atoms with E-state index in [2.05, 4.69) is 0 Å². The van der Waals surface area contributed by atoms with Gasteiger partial charge >= 0.3 is 5.97 Å². The van der Waals surface area contributed by atoms with Crippen molar-refractivity contribution in [2.24, 2.45) is 0 Å². The molecular formula is C7H9NO2. The van der Waals surface area contributed by atoms with Crippen LogP contribution in [0.2, 0.25) is 0 Å². The van der Waals surface area contributed by atoms with Gasteiger partial charge in [0.15, 0.2) is 0 Å². The van der Waals surface area contributed by atoms with Crippen LogP contribution >= 0.6 is 0 Å². The van der Waals surface area contributed by atoms with Crippen molar-refractivity contribution in [3.63, 3.8) is 0 Å². The lowest BCUT2D eigenvalue weighted by atomic mass is 10.2. The van der Waals surface area contributed by atoms with Gasteiger partial charge in [-0.2, -0.15) is 5.26 Å². The van der Waals surface area contributed by atoms with Crippen molar-refractivity contribution in [3.8, 4) is 6.07 Å². The molecule has 0 aromatic heterocycles. The Morgan fingerprint density at radius 3 is 2.80 bits per heavy atom. The summed E-state index contributed by atoms with van der Waals surface area (Å²) in [7, 11) is 0. The Balaban J connectivity index is 3.56. The second-order valence-corrected chi connectivity index (χ2v) is 1.93. The molecule has 0 saturated heterocycles. The third-order valence-electron chi connectivity index (χ3n) is 0.985. The maximum absolute atomic E-state index is 9.96. The molecule has 0 rings (SSSR count). The minimum absolute atomic E-state index is 0.0962. The van der Waals surface area contributed by atoms with Crippen LogP contribution in [0.25, 0.3) is 0 Å². The first kappa shape index (κ1) is 8.70. The zero-order chi connectivity index (χ0) is 7.98. The smallest absolute Gasteiger partial charge is 0.303 e. The average molecular weight is 139 g/mol. The highest BCUT2D eigenvalue weighted by Crippen LogP contribution is 1.96. The van der Waals surface area contributed by atoms with Crippen LogP contribution in [0.4, 0.5) is 0 Å². The fraction of sp³-hybridized carbons (Fsp3) is 0.429. The lowest BCUT2D eigenvalue weighted by molar-refractivity contribution is -0.136. The molecular weight excluding hydrogens is 130 g/mol. The summed E-state index contributed by atoms with van der Waals surface area (Å²) in [5.41, 5.74) is 0.571. The molecule has 0 unspecified atom stereocenters. The maximum atomic E-state index is 9.96. The van der Waals surface area contributed by atoms with E-state index in [1.165, 1.54) is 0 Å². The second-order valence-electron chi connectivity index (χ2n) is 1.93. The van der Waals surface area contributed by atoms with Gasteiger partial charge in [-0.05, 0) is 13.3 Å². The van der Waals surface area contributed by atoms with E-state index in [9.17, 15) is 4.79 Å². The number of carbonyl (C=O) groups is 1. The summed E-state index contributed by atoms with van der Waals surface area (Å²) in [6, 6.07) is 1.91. The number of aliphatic carboxylic acids is 1. The summed E-state index contributed by atoms with van der Waals surface area (Å²) in [6.45, 7) is 1.65. The zero-order valence-corrected chi connectivity index (χ0v) is 5.79. The fourth-order valence-corrected chi connectivity index (χ4v) is 0.458. The van der Waals surface area contributed by atoms with Crippen molar-refractivity contribution in [2.75, 3.05) is 0 Å². The van der Waals surface area contributed by atoms with Crippen LogP contribution in [0.1, 0.15) is 19.8 Å². The highest BCUT2D eigenvalue weighted by Gasteiger charge is 1.92. The Kier molecular flexibility index (Phi) is 3.97. The van der Waals surface area contributed by atoms with Crippen molar-refractivity contribution in [2.45, 2.75) is 19.8 Å². The first-order chi connectivity index (χ1) is 4.66. The molecule has 3 nitrogen and oxygen atoms in total. The van der Waals surface area contributed by atoms with Gasteiger partial charge in [-0.1, -0.05) is 6.08 Å². The summed E-state index contributed by atoms with van der Waals surface area (Å²) >= 11 is 0. The van der Waals surface area contributed by atoms with E-state index in [0.717, 1.165) is 0 Å². The maximum Gasteiger partial charge on any atom is 0.303 e. The molecule has 0 aromatic carbocycles. The topological polar surface area (TPSA) is 61.1 Å². The Morgan fingerprint density at radius 2 is 2.40 bits per heavy atom. The van der Waals surface area contributed by atoms with Crippen LogP contribution < -0.4 is 0 Å². The number of hydrogen-bond acceptors (Lipinski definition) is 2. The average Bonchev–Trinajstić information content (AvgIpc) is 1.87. The van der Waals surface area contributed by atoms with Crippen LogP contribution in [0, 0.1) is 11.3 Å². The van der Waals surface area contributed by atoms with Crippen LogP contribution in [-0.2, 0) is 4.79 Å². The van der Waals surface area contributed by atoms with E-state index in [4.69, 9.17) is 10.4 Å². The molecule has 3 heteroatoms. The summed E-state index contributed by atoms with van der Waals surface area (Å²) in [4.78, 5) is 9.96. The summed E-state index contributed by atoms with van der Waals surface area (Å²) in [6.07, 6.45) is 2.15. The largest absolute Gasteiger partial charge is 0.481 e. The SMILES string of the molecule is CC(C#N)=CCCC(=O)O. The summed E-state index contributed by atoms with van der Waals surface area (Å²) in [5.74, 6) is -0.831. The third-order valence-corrected chi connectivity index (χ3v) is 0.985.